The maximum absolute atomic E-state index is 12.4. The molecular weight excluding hydrogens is 420 g/mol. The number of hydrogen-bond donors (Lipinski definition) is 0. The number of ether oxygens (including phenoxy) is 3. The Labute approximate surface area is 195 Å². The average molecular weight is 457 g/mol. The van der Waals surface area contributed by atoms with Crippen LogP contribution in [0.25, 0.3) is 0 Å². The van der Waals surface area contributed by atoms with Crippen molar-refractivity contribution < 1.29 is 23.4 Å². The first-order valence-corrected chi connectivity index (χ1v) is 12.6. The summed E-state index contributed by atoms with van der Waals surface area (Å²) in [7, 11) is 0.481. The Hall–Kier alpha value is -2.31. The summed E-state index contributed by atoms with van der Waals surface area (Å²) in [6.07, 6.45) is 5.61. The number of unbranched alkanes of at least 4 members (excludes halogenated alkanes) is 3. The zero-order valence-corrected chi connectivity index (χ0v) is 20.8. The Morgan fingerprint density at radius 1 is 0.781 bits per heavy atom. The number of carbonyl (C=O) groups is 1. The Kier molecular flexibility index (Phi) is 11.3. The van der Waals surface area contributed by atoms with E-state index in [-0.39, 0.29) is 5.60 Å². The molecule has 6 heteroatoms. The zero-order chi connectivity index (χ0) is 23.2. The number of esters is 1. The minimum Gasteiger partial charge on any atom is -0.494 e. The molecule has 0 heterocycles. The van der Waals surface area contributed by atoms with Crippen LogP contribution in [-0.4, -0.2) is 34.5 Å². The third-order valence-corrected chi connectivity index (χ3v) is 5.78. The Morgan fingerprint density at radius 3 is 1.94 bits per heavy atom. The normalized spacial score (nSPS) is 11.2. The van der Waals surface area contributed by atoms with Crippen molar-refractivity contribution in [1.29, 1.82) is 0 Å². The monoisotopic (exact) mass is 456 g/mol. The molecule has 0 fully saturated rings. The average Bonchev–Trinajstić information content (AvgIpc) is 2.77. The van der Waals surface area contributed by atoms with Crippen LogP contribution >= 0.6 is 0 Å². The molecule has 2 aromatic carbocycles. The number of carbonyl (C=O) groups excluding carboxylic acids is 1. The van der Waals surface area contributed by atoms with E-state index in [1.54, 1.807) is 36.4 Å². The Bertz CT molecular complexity index is 781. The van der Waals surface area contributed by atoms with Gasteiger partial charge in [0.2, 0.25) is 9.76 Å². The van der Waals surface area contributed by atoms with E-state index in [1.807, 2.05) is 12.1 Å². The molecule has 5 nitrogen and oxygen atoms in total. The van der Waals surface area contributed by atoms with Crippen molar-refractivity contribution in [3.8, 4) is 17.2 Å². The van der Waals surface area contributed by atoms with E-state index in [2.05, 4.69) is 27.7 Å². The molecule has 174 valence electrons. The van der Waals surface area contributed by atoms with Crippen LogP contribution in [0.2, 0.25) is 6.04 Å². The molecule has 0 bridgehead atoms. The molecule has 0 aliphatic heterocycles. The van der Waals surface area contributed by atoms with Gasteiger partial charge >= 0.3 is 5.97 Å². The number of hydrogen-bond acceptors (Lipinski definition) is 5. The second-order valence-corrected chi connectivity index (χ2v) is 9.60. The van der Waals surface area contributed by atoms with Crippen molar-refractivity contribution >= 4 is 15.7 Å². The van der Waals surface area contributed by atoms with Crippen LogP contribution in [0.3, 0.4) is 0 Å². The third-order valence-electron chi connectivity index (χ3n) is 4.46. The van der Waals surface area contributed by atoms with Gasteiger partial charge in [-0.3, -0.25) is 0 Å². The number of rotatable bonds is 14. The zero-order valence-electron chi connectivity index (χ0n) is 19.8. The van der Waals surface area contributed by atoms with Crippen molar-refractivity contribution in [2.75, 3.05) is 13.2 Å². The molecular formula is C26H36O5Si. The lowest BCUT2D eigenvalue weighted by atomic mass is 10.2. The fourth-order valence-corrected chi connectivity index (χ4v) is 3.60. The molecule has 0 atom stereocenters. The standard InChI is InChI=1S/C26H36O5Si/c1-5-6-7-8-18-28-23-14-16-24(17-15-23)30-25(27)21-10-12-22(13-11-21)29-19-9-20-32-31-26(2,3)4/h10-17H,5-9,18-20H2,1-4H3. The first kappa shape index (κ1) is 25.9. The highest BCUT2D eigenvalue weighted by Crippen LogP contribution is 2.20. The summed E-state index contributed by atoms with van der Waals surface area (Å²) >= 11 is 0. The highest BCUT2D eigenvalue weighted by molar-refractivity contribution is 6.27. The minimum atomic E-state index is -0.398. The van der Waals surface area contributed by atoms with Gasteiger partial charge in [0, 0.05) is 5.60 Å². The molecule has 32 heavy (non-hydrogen) atoms. The summed E-state index contributed by atoms with van der Waals surface area (Å²) in [4.78, 5) is 12.4. The predicted octanol–water partition coefficient (Wildman–Crippen LogP) is 6.49. The van der Waals surface area contributed by atoms with Gasteiger partial charge in [-0.2, -0.15) is 0 Å². The molecule has 2 aromatic rings. The molecule has 0 saturated heterocycles. The highest BCUT2D eigenvalue weighted by atomic mass is 28.2. The van der Waals surface area contributed by atoms with Gasteiger partial charge in [0.1, 0.15) is 17.2 Å². The molecule has 0 amide bonds. The van der Waals surface area contributed by atoms with Crippen LogP contribution in [0.5, 0.6) is 17.2 Å². The quantitative estimate of drug-likeness (QED) is 0.141. The topological polar surface area (TPSA) is 54.0 Å². The van der Waals surface area contributed by atoms with Crippen molar-refractivity contribution in [2.24, 2.45) is 0 Å². The van der Waals surface area contributed by atoms with E-state index < -0.39 is 5.97 Å². The van der Waals surface area contributed by atoms with Crippen LogP contribution in [0.15, 0.2) is 48.5 Å². The van der Waals surface area contributed by atoms with Crippen LogP contribution < -0.4 is 14.2 Å². The van der Waals surface area contributed by atoms with E-state index in [1.165, 1.54) is 19.3 Å². The van der Waals surface area contributed by atoms with Crippen LogP contribution in [0.4, 0.5) is 0 Å². The number of benzene rings is 2. The third kappa shape index (κ3) is 10.8. The SMILES string of the molecule is CCCCCCOc1ccc(OC(=O)c2ccc(OCCC[Si]OC(C)(C)C)cc2)cc1. The fourth-order valence-electron chi connectivity index (χ4n) is 2.78. The largest absolute Gasteiger partial charge is 0.494 e. The van der Waals surface area contributed by atoms with Crippen molar-refractivity contribution in [2.45, 2.75) is 71.4 Å². The maximum Gasteiger partial charge on any atom is 0.343 e. The predicted molar refractivity (Wildman–Crippen MR) is 129 cm³/mol. The molecule has 0 N–H and O–H groups in total. The summed E-state index contributed by atoms with van der Waals surface area (Å²) in [6, 6.07) is 15.1. The van der Waals surface area contributed by atoms with Gasteiger partial charge in [-0.1, -0.05) is 26.2 Å². The lowest BCUT2D eigenvalue weighted by Gasteiger charge is -2.19. The molecule has 0 saturated carbocycles. The van der Waals surface area contributed by atoms with Gasteiger partial charge in [0.25, 0.3) is 0 Å². The highest BCUT2D eigenvalue weighted by Gasteiger charge is 2.11. The van der Waals surface area contributed by atoms with Crippen LogP contribution in [0, 0.1) is 0 Å². The van der Waals surface area contributed by atoms with Crippen molar-refractivity contribution in [3.63, 3.8) is 0 Å². The van der Waals surface area contributed by atoms with Gasteiger partial charge in [0.05, 0.1) is 18.8 Å². The van der Waals surface area contributed by atoms with Crippen molar-refractivity contribution in [3.05, 3.63) is 54.1 Å². The second-order valence-electron chi connectivity index (χ2n) is 8.61. The summed E-state index contributed by atoms with van der Waals surface area (Å²) < 4.78 is 22.6. The lowest BCUT2D eigenvalue weighted by molar-refractivity contribution is 0.0734. The second kappa shape index (κ2) is 14.0. The first-order valence-electron chi connectivity index (χ1n) is 11.5. The summed E-state index contributed by atoms with van der Waals surface area (Å²) in [5.74, 6) is 1.62. The molecule has 0 aromatic heterocycles. The van der Waals surface area contributed by atoms with E-state index in [0.29, 0.717) is 34.3 Å². The van der Waals surface area contributed by atoms with Crippen LogP contribution in [-0.2, 0) is 4.43 Å². The van der Waals surface area contributed by atoms with Crippen LogP contribution in [0.1, 0.15) is 70.2 Å². The van der Waals surface area contributed by atoms with Gasteiger partial charge in [-0.15, -0.1) is 0 Å². The van der Waals surface area contributed by atoms with Crippen molar-refractivity contribution in [1.82, 2.24) is 0 Å². The molecule has 2 radical (unpaired) electrons. The van der Waals surface area contributed by atoms with Gasteiger partial charge in [0.15, 0.2) is 0 Å². The molecule has 0 spiro atoms. The maximum atomic E-state index is 12.4. The summed E-state index contributed by atoms with van der Waals surface area (Å²) in [5.41, 5.74) is 0.390. The first-order chi connectivity index (χ1) is 15.4. The van der Waals surface area contributed by atoms with E-state index in [9.17, 15) is 4.79 Å². The van der Waals surface area contributed by atoms with Gasteiger partial charge in [-0.25, -0.2) is 4.79 Å². The van der Waals surface area contributed by atoms with E-state index >= 15 is 0 Å². The van der Waals surface area contributed by atoms with E-state index in [0.717, 1.165) is 30.4 Å². The van der Waals surface area contributed by atoms with E-state index in [4.69, 9.17) is 18.6 Å². The Morgan fingerprint density at radius 2 is 1.34 bits per heavy atom. The lowest BCUT2D eigenvalue weighted by Crippen LogP contribution is -2.21. The molecule has 0 unspecified atom stereocenters. The molecule has 2 rings (SSSR count). The van der Waals surface area contributed by atoms with Gasteiger partial charge < -0.3 is 18.6 Å². The fraction of sp³-hybridized carbons (Fsp3) is 0.500. The van der Waals surface area contributed by atoms with Gasteiger partial charge in [-0.05, 0) is 88.2 Å². The summed E-state index contributed by atoms with van der Waals surface area (Å²) in [6.45, 7) is 9.70. The summed E-state index contributed by atoms with van der Waals surface area (Å²) in [5, 5.41) is 0. The molecule has 0 aliphatic rings. The minimum absolute atomic E-state index is 0.0898. The smallest absolute Gasteiger partial charge is 0.343 e. The Balaban J connectivity index is 1.69. The molecule has 0 aliphatic carbocycles.